The van der Waals surface area contributed by atoms with Crippen LogP contribution >= 0.6 is 0 Å². The number of amides is 1. The second-order valence-corrected chi connectivity index (χ2v) is 5.17. The van der Waals surface area contributed by atoms with Crippen LogP contribution in [0.1, 0.15) is 33.1 Å². The normalized spacial score (nSPS) is 13.3. The van der Waals surface area contributed by atoms with Crippen LogP contribution < -0.4 is 15.2 Å². The molecule has 0 aromatic heterocycles. The lowest BCUT2D eigenvalue weighted by atomic mass is 9.80. The van der Waals surface area contributed by atoms with Gasteiger partial charge in [0.05, 0.1) is 7.11 Å². The fourth-order valence-corrected chi connectivity index (χ4v) is 1.95. The van der Waals surface area contributed by atoms with Gasteiger partial charge in [0.1, 0.15) is 5.75 Å². The number of methoxy groups -OCH3 is 1. The Morgan fingerprint density at radius 2 is 2.05 bits per heavy atom. The van der Waals surface area contributed by atoms with Gasteiger partial charge in [0.2, 0.25) is 5.91 Å². The number of aliphatic carboxylic acids is 1. The molecule has 0 aliphatic rings. The van der Waals surface area contributed by atoms with E-state index >= 15 is 0 Å². The van der Waals surface area contributed by atoms with Gasteiger partial charge < -0.3 is 20.0 Å². The number of anilines is 1. The maximum absolute atomic E-state index is 12.0. The molecule has 1 rings (SSSR count). The minimum absolute atomic E-state index is 0.130. The number of nitrogens with one attached hydrogen (secondary N) is 1. The zero-order valence-electron chi connectivity index (χ0n) is 12.1. The first-order valence-corrected chi connectivity index (χ1v) is 6.52. The number of carboxylic acid groups (broad SMARTS) is 1. The van der Waals surface area contributed by atoms with Crippen LogP contribution in [0.25, 0.3) is 0 Å². The third-order valence-corrected chi connectivity index (χ3v) is 3.37. The highest BCUT2D eigenvalue weighted by atomic mass is 16.5. The zero-order chi connectivity index (χ0) is 15.2. The molecule has 110 valence electrons. The molecule has 0 radical (unpaired) electrons. The van der Waals surface area contributed by atoms with Gasteiger partial charge in [-0.2, -0.15) is 0 Å². The Labute approximate surface area is 118 Å². The second kappa shape index (κ2) is 6.93. The van der Waals surface area contributed by atoms with Gasteiger partial charge >= 0.3 is 0 Å². The zero-order valence-corrected chi connectivity index (χ0v) is 12.1. The molecule has 20 heavy (non-hydrogen) atoms. The van der Waals surface area contributed by atoms with E-state index in [0.717, 1.165) is 0 Å². The van der Waals surface area contributed by atoms with Gasteiger partial charge in [0, 0.05) is 24.1 Å². The van der Waals surface area contributed by atoms with Crippen LogP contribution in [0.4, 0.5) is 5.69 Å². The first kappa shape index (κ1) is 16.0. The predicted octanol–water partition coefficient (Wildman–Crippen LogP) is 1.58. The molecule has 0 heterocycles. The summed E-state index contributed by atoms with van der Waals surface area (Å²) in [7, 11) is 1.55. The van der Waals surface area contributed by atoms with E-state index in [9.17, 15) is 14.7 Å². The van der Waals surface area contributed by atoms with Crippen LogP contribution in [0, 0.1) is 5.41 Å². The van der Waals surface area contributed by atoms with E-state index in [1.807, 2.05) is 6.92 Å². The Kier molecular flexibility index (Phi) is 5.55. The number of carboxylic acids is 1. The summed E-state index contributed by atoms with van der Waals surface area (Å²) in [4.78, 5) is 22.7. The summed E-state index contributed by atoms with van der Waals surface area (Å²) in [5.74, 6) is -0.705. The number of carbonyl (C=O) groups excluding carboxylic acids is 2. The van der Waals surface area contributed by atoms with Gasteiger partial charge in [-0.15, -0.1) is 0 Å². The average Bonchev–Trinajstić information content (AvgIpc) is 2.37. The van der Waals surface area contributed by atoms with Crippen molar-refractivity contribution in [3.8, 4) is 5.75 Å². The molecule has 0 saturated carbocycles. The topological polar surface area (TPSA) is 78.5 Å². The number of hydrogen-bond acceptors (Lipinski definition) is 4. The van der Waals surface area contributed by atoms with Crippen LogP contribution in [-0.2, 0) is 9.59 Å². The average molecular weight is 278 g/mol. The summed E-state index contributed by atoms with van der Waals surface area (Å²) in [6, 6.07) is 7.01. The summed E-state index contributed by atoms with van der Waals surface area (Å²) in [6.07, 6.45) is 0.593. The van der Waals surface area contributed by atoms with Gasteiger partial charge in [-0.3, -0.25) is 4.79 Å². The molecule has 0 spiro atoms. The Balaban J connectivity index is 2.68. The van der Waals surface area contributed by atoms with Crippen molar-refractivity contribution in [2.75, 3.05) is 12.4 Å². The minimum Gasteiger partial charge on any atom is -0.550 e. The fourth-order valence-electron chi connectivity index (χ4n) is 1.95. The van der Waals surface area contributed by atoms with Gasteiger partial charge in [0.25, 0.3) is 0 Å². The fraction of sp³-hybridized carbons (Fsp3) is 0.467. The van der Waals surface area contributed by atoms with Crippen molar-refractivity contribution < 1.29 is 19.4 Å². The van der Waals surface area contributed by atoms with Crippen molar-refractivity contribution in [1.82, 2.24) is 0 Å². The van der Waals surface area contributed by atoms with Crippen LogP contribution in [0.5, 0.6) is 5.75 Å². The Bertz CT molecular complexity index is 487. The summed E-state index contributed by atoms with van der Waals surface area (Å²) in [5, 5.41) is 13.5. The molecule has 1 aromatic carbocycles. The van der Waals surface area contributed by atoms with E-state index in [1.165, 1.54) is 0 Å². The third kappa shape index (κ3) is 4.91. The van der Waals surface area contributed by atoms with Crippen molar-refractivity contribution in [2.24, 2.45) is 5.41 Å². The van der Waals surface area contributed by atoms with Crippen molar-refractivity contribution in [2.45, 2.75) is 33.1 Å². The highest BCUT2D eigenvalue weighted by Gasteiger charge is 2.26. The molecule has 0 unspecified atom stereocenters. The van der Waals surface area contributed by atoms with Gasteiger partial charge in [-0.25, -0.2) is 0 Å². The van der Waals surface area contributed by atoms with Crippen molar-refractivity contribution in [3.05, 3.63) is 24.3 Å². The predicted molar refractivity (Wildman–Crippen MR) is 74.3 cm³/mol. The Morgan fingerprint density at radius 3 is 2.60 bits per heavy atom. The van der Waals surface area contributed by atoms with Crippen molar-refractivity contribution >= 4 is 17.6 Å². The molecule has 0 aliphatic heterocycles. The summed E-state index contributed by atoms with van der Waals surface area (Å²) >= 11 is 0. The number of benzene rings is 1. The smallest absolute Gasteiger partial charge is 0.224 e. The first-order chi connectivity index (χ1) is 9.38. The molecular weight excluding hydrogens is 258 g/mol. The van der Waals surface area contributed by atoms with Crippen LogP contribution in [0.2, 0.25) is 0 Å². The molecule has 5 nitrogen and oxygen atoms in total. The number of hydrogen-bond donors (Lipinski definition) is 1. The molecule has 1 amide bonds. The van der Waals surface area contributed by atoms with E-state index in [2.05, 4.69) is 5.32 Å². The number of ether oxygens (including phenoxy) is 1. The molecule has 5 heteroatoms. The molecule has 0 bridgehead atoms. The molecule has 1 N–H and O–H groups in total. The molecule has 0 aliphatic carbocycles. The van der Waals surface area contributed by atoms with Gasteiger partial charge in [-0.1, -0.05) is 19.9 Å². The van der Waals surface area contributed by atoms with Crippen LogP contribution in [0.3, 0.4) is 0 Å². The van der Waals surface area contributed by atoms with Gasteiger partial charge in [0.15, 0.2) is 0 Å². The van der Waals surface area contributed by atoms with E-state index in [1.54, 1.807) is 38.3 Å². The SMILES string of the molecule is CC[C@@](C)(CC(=O)[O-])CC(=O)Nc1cccc(OC)c1. The summed E-state index contributed by atoms with van der Waals surface area (Å²) in [6.45, 7) is 3.63. The quantitative estimate of drug-likeness (QED) is 0.821. The van der Waals surface area contributed by atoms with Crippen molar-refractivity contribution in [1.29, 1.82) is 0 Å². The Hall–Kier alpha value is -2.04. The minimum atomic E-state index is -1.14. The highest BCUT2D eigenvalue weighted by molar-refractivity contribution is 5.91. The Morgan fingerprint density at radius 1 is 1.35 bits per heavy atom. The third-order valence-electron chi connectivity index (χ3n) is 3.37. The summed E-state index contributed by atoms with van der Waals surface area (Å²) < 4.78 is 5.07. The largest absolute Gasteiger partial charge is 0.550 e. The number of carbonyl (C=O) groups is 2. The monoisotopic (exact) mass is 278 g/mol. The maximum Gasteiger partial charge on any atom is 0.224 e. The standard InChI is InChI=1S/C15H21NO4/c1-4-15(2,10-14(18)19)9-13(17)16-11-6-5-7-12(8-11)20-3/h5-8H,4,9-10H2,1-3H3,(H,16,17)(H,18,19)/p-1/t15-/m1/s1. The van der Waals surface area contributed by atoms with E-state index in [0.29, 0.717) is 17.9 Å². The second-order valence-electron chi connectivity index (χ2n) is 5.17. The highest BCUT2D eigenvalue weighted by Crippen LogP contribution is 2.30. The lowest BCUT2D eigenvalue weighted by Gasteiger charge is -2.28. The molecule has 1 atom stereocenters. The first-order valence-electron chi connectivity index (χ1n) is 6.52. The summed E-state index contributed by atoms with van der Waals surface area (Å²) in [5.41, 5.74) is 0.0307. The van der Waals surface area contributed by atoms with Crippen molar-refractivity contribution in [3.63, 3.8) is 0 Å². The van der Waals surface area contributed by atoms with E-state index in [-0.39, 0.29) is 18.7 Å². The maximum atomic E-state index is 12.0. The van der Waals surface area contributed by atoms with E-state index in [4.69, 9.17) is 4.74 Å². The van der Waals surface area contributed by atoms with E-state index < -0.39 is 11.4 Å². The lowest BCUT2D eigenvalue weighted by Crippen LogP contribution is -2.33. The molecule has 1 aromatic rings. The molecule has 0 fully saturated rings. The van der Waals surface area contributed by atoms with Crippen LogP contribution in [0.15, 0.2) is 24.3 Å². The van der Waals surface area contributed by atoms with Gasteiger partial charge in [-0.05, 0) is 30.4 Å². The van der Waals surface area contributed by atoms with Crippen LogP contribution in [-0.4, -0.2) is 19.0 Å². The lowest BCUT2D eigenvalue weighted by molar-refractivity contribution is -0.308. The molecule has 0 saturated heterocycles. The number of rotatable bonds is 7. The molecular formula is C15H20NO4-.